The number of nitrogens with zero attached hydrogens (tertiary/aromatic N) is 8. The Morgan fingerprint density at radius 3 is 2.57 bits per heavy atom. The third kappa shape index (κ3) is 6.29. The molecular formula is C34H35ClF3N9O4. The number of carbonyl (C=O) groups is 2. The van der Waals surface area contributed by atoms with Crippen LogP contribution in [0.25, 0.3) is 11.4 Å². The van der Waals surface area contributed by atoms with E-state index >= 15 is 0 Å². The minimum absolute atomic E-state index is 0.0181. The molecule has 17 heteroatoms. The molecule has 13 nitrogen and oxygen atoms in total. The maximum absolute atomic E-state index is 14.4. The SMILES string of the molecule is Cc1ncnc(C(=O)N2CCN(c3c4n(c5nc(C6=CCCCCC6)nn5c3=O)[C@H](C(=O)Nc3ccc(C(F)(F)F)cc3Cl)C[C@@H]4C)CC2)c1O. The molecule has 2 atom stereocenters. The van der Waals surface area contributed by atoms with Crippen LogP contribution < -0.4 is 15.8 Å². The molecule has 0 spiro atoms. The number of carbonyl (C=O) groups excluding carboxylic acids is 2. The number of alkyl halides is 3. The highest BCUT2D eigenvalue weighted by Gasteiger charge is 2.41. The van der Waals surface area contributed by atoms with Crippen molar-refractivity contribution < 1.29 is 27.9 Å². The second-order valence-electron chi connectivity index (χ2n) is 13.2. The van der Waals surface area contributed by atoms with Crippen LogP contribution in [0.5, 0.6) is 5.75 Å². The van der Waals surface area contributed by atoms with Gasteiger partial charge in [-0.15, -0.1) is 5.10 Å². The van der Waals surface area contributed by atoms with Crippen LogP contribution in [0.3, 0.4) is 0 Å². The molecule has 0 saturated carbocycles. The van der Waals surface area contributed by atoms with Gasteiger partial charge in [-0.25, -0.2) is 9.97 Å². The first-order chi connectivity index (χ1) is 24.3. The van der Waals surface area contributed by atoms with E-state index in [9.17, 15) is 32.7 Å². The van der Waals surface area contributed by atoms with Crippen molar-refractivity contribution in [1.82, 2.24) is 34.0 Å². The lowest BCUT2D eigenvalue weighted by molar-refractivity contribution is -0.137. The van der Waals surface area contributed by atoms with E-state index in [1.807, 2.05) is 11.8 Å². The molecule has 3 aromatic heterocycles. The van der Waals surface area contributed by atoms with Gasteiger partial charge in [-0.05, 0) is 62.8 Å². The van der Waals surface area contributed by atoms with Crippen molar-refractivity contribution in [2.24, 2.45) is 0 Å². The molecule has 5 heterocycles. The van der Waals surface area contributed by atoms with Gasteiger partial charge in [0.15, 0.2) is 17.3 Å². The van der Waals surface area contributed by atoms with Crippen molar-refractivity contribution in [3.8, 4) is 5.75 Å². The molecule has 1 saturated heterocycles. The molecule has 2 N–H and O–H groups in total. The van der Waals surface area contributed by atoms with Gasteiger partial charge in [0, 0.05) is 32.1 Å². The van der Waals surface area contributed by atoms with E-state index in [0.717, 1.165) is 55.9 Å². The number of aromatic nitrogens is 6. The van der Waals surface area contributed by atoms with Crippen LogP contribution in [0.15, 0.2) is 35.4 Å². The number of nitrogens with one attached hydrogen (secondary N) is 1. The number of hydrogen-bond donors (Lipinski definition) is 2. The zero-order valence-corrected chi connectivity index (χ0v) is 28.6. The average Bonchev–Trinajstić information content (AvgIpc) is 3.57. The number of rotatable bonds is 5. The Morgan fingerprint density at radius 2 is 1.84 bits per heavy atom. The third-order valence-electron chi connectivity index (χ3n) is 9.83. The topological polar surface area (TPSA) is 151 Å². The fourth-order valence-corrected chi connectivity index (χ4v) is 7.38. The van der Waals surface area contributed by atoms with Gasteiger partial charge in [-0.3, -0.25) is 19.0 Å². The summed E-state index contributed by atoms with van der Waals surface area (Å²) in [4.78, 5) is 57.8. The van der Waals surface area contributed by atoms with Gasteiger partial charge >= 0.3 is 6.18 Å². The van der Waals surface area contributed by atoms with Crippen molar-refractivity contribution in [2.45, 2.75) is 70.5 Å². The Kier molecular flexibility index (Phi) is 8.98. The molecule has 3 aliphatic rings. The lowest BCUT2D eigenvalue weighted by atomic mass is 10.0. The molecule has 7 rings (SSSR count). The van der Waals surface area contributed by atoms with Crippen LogP contribution in [0.2, 0.25) is 5.02 Å². The molecule has 1 aromatic carbocycles. The summed E-state index contributed by atoms with van der Waals surface area (Å²) in [6.45, 7) is 4.44. The summed E-state index contributed by atoms with van der Waals surface area (Å²) in [6, 6.07) is 1.83. The summed E-state index contributed by atoms with van der Waals surface area (Å²) >= 11 is 6.20. The number of aromatic hydroxyl groups is 1. The molecule has 51 heavy (non-hydrogen) atoms. The predicted octanol–water partition coefficient (Wildman–Crippen LogP) is 5.36. The summed E-state index contributed by atoms with van der Waals surface area (Å²) in [7, 11) is 0. The molecule has 0 radical (unpaired) electrons. The summed E-state index contributed by atoms with van der Waals surface area (Å²) in [6.07, 6.45) is 3.62. The van der Waals surface area contributed by atoms with E-state index in [1.165, 1.54) is 10.8 Å². The molecule has 0 unspecified atom stereocenters. The van der Waals surface area contributed by atoms with Crippen molar-refractivity contribution in [3.05, 3.63) is 74.4 Å². The normalized spacial score (nSPS) is 19.5. The molecule has 2 aliphatic heterocycles. The molecule has 0 bridgehead atoms. The van der Waals surface area contributed by atoms with Gasteiger partial charge in [-0.2, -0.15) is 22.7 Å². The van der Waals surface area contributed by atoms with Crippen molar-refractivity contribution in [3.63, 3.8) is 0 Å². The molecule has 1 fully saturated rings. The number of hydrogen-bond acceptors (Lipinski definition) is 9. The number of aryl methyl sites for hydroxylation is 1. The maximum atomic E-state index is 14.4. The zero-order valence-electron chi connectivity index (χ0n) is 27.9. The van der Waals surface area contributed by atoms with Gasteiger partial charge in [0.1, 0.15) is 18.1 Å². The van der Waals surface area contributed by atoms with Crippen molar-refractivity contribution >= 4 is 46.1 Å². The number of anilines is 2. The van der Waals surface area contributed by atoms with E-state index in [4.69, 9.17) is 16.6 Å². The lowest BCUT2D eigenvalue weighted by Crippen LogP contribution is -2.51. The van der Waals surface area contributed by atoms with E-state index < -0.39 is 35.2 Å². The van der Waals surface area contributed by atoms with Gasteiger partial charge in [0.05, 0.1) is 27.7 Å². The first-order valence-electron chi connectivity index (χ1n) is 16.8. The Bertz CT molecular complexity index is 2140. The maximum Gasteiger partial charge on any atom is 0.416 e. The average molecular weight is 726 g/mol. The summed E-state index contributed by atoms with van der Waals surface area (Å²) in [5, 5.41) is 17.5. The van der Waals surface area contributed by atoms with Gasteiger partial charge < -0.3 is 20.2 Å². The van der Waals surface area contributed by atoms with Gasteiger partial charge in [-0.1, -0.05) is 31.0 Å². The Hall–Kier alpha value is -4.99. The van der Waals surface area contributed by atoms with Crippen LogP contribution in [0.4, 0.5) is 24.5 Å². The smallest absolute Gasteiger partial charge is 0.416 e. The van der Waals surface area contributed by atoms with E-state index in [-0.39, 0.29) is 72.1 Å². The lowest BCUT2D eigenvalue weighted by Gasteiger charge is -2.36. The van der Waals surface area contributed by atoms with E-state index in [2.05, 4.69) is 26.5 Å². The molecule has 1 aliphatic carbocycles. The zero-order chi connectivity index (χ0) is 36.2. The molecule has 2 amide bonds. The Labute approximate surface area is 294 Å². The van der Waals surface area contributed by atoms with Gasteiger partial charge in [0.2, 0.25) is 11.7 Å². The van der Waals surface area contributed by atoms with Crippen LogP contribution in [0, 0.1) is 6.92 Å². The summed E-state index contributed by atoms with van der Waals surface area (Å²) in [5.41, 5.74) is 0.673. The predicted molar refractivity (Wildman–Crippen MR) is 182 cm³/mol. The third-order valence-corrected chi connectivity index (χ3v) is 10.1. The Morgan fingerprint density at radius 1 is 1.08 bits per heavy atom. The number of allylic oxidation sites excluding steroid dienone is 2. The largest absolute Gasteiger partial charge is 0.504 e. The first-order valence-corrected chi connectivity index (χ1v) is 17.2. The van der Waals surface area contributed by atoms with Crippen molar-refractivity contribution in [1.29, 1.82) is 0 Å². The summed E-state index contributed by atoms with van der Waals surface area (Å²) in [5.74, 6) is -1.000. The second-order valence-corrected chi connectivity index (χ2v) is 13.6. The van der Waals surface area contributed by atoms with E-state index in [1.54, 1.807) is 16.4 Å². The number of halogens is 4. The van der Waals surface area contributed by atoms with Crippen LogP contribution in [-0.4, -0.2) is 77.1 Å². The summed E-state index contributed by atoms with van der Waals surface area (Å²) < 4.78 is 42.8. The fourth-order valence-electron chi connectivity index (χ4n) is 7.15. The van der Waals surface area contributed by atoms with Crippen LogP contribution >= 0.6 is 11.6 Å². The quantitative estimate of drug-likeness (QED) is 0.277. The molecular weight excluding hydrogens is 691 g/mol. The van der Waals surface area contributed by atoms with Crippen molar-refractivity contribution in [2.75, 3.05) is 36.4 Å². The van der Waals surface area contributed by atoms with Gasteiger partial charge in [0.25, 0.3) is 11.5 Å². The molecule has 4 aromatic rings. The van der Waals surface area contributed by atoms with E-state index in [0.29, 0.717) is 17.2 Å². The van der Waals surface area contributed by atoms with Crippen LogP contribution in [-0.2, 0) is 11.0 Å². The molecule has 268 valence electrons. The Balaban J connectivity index is 1.27. The van der Waals surface area contributed by atoms with Crippen LogP contribution in [0.1, 0.15) is 90.7 Å². The number of piperazine rings is 1. The highest BCUT2D eigenvalue weighted by molar-refractivity contribution is 6.33. The highest BCUT2D eigenvalue weighted by Crippen LogP contribution is 2.42. The minimum Gasteiger partial charge on any atom is -0.504 e. The number of benzene rings is 1. The fraction of sp³-hybridized carbons (Fsp3) is 0.441. The monoisotopic (exact) mass is 725 g/mol. The highest BCUT2D eigenvalue weighted by atomic mass is 35.5. The number of amides is 2. The minimum atomic E-state index is -4.60. The second kappa shape index (κ2) is 13.3. The number of fused-ring (bicyclic) bond motifs is 3. The first kappa shape index (κ1) is 34.5. The standard InChI is InChI=1S/C34H35ClF3N9O4/c1-18-15-24(30(49)41-23-10-9-21(16-22(23)35)34(36,37)38)46-26(18)27(32(51)47-33(46)42-29(43-47)20-7-5-3-4-6-8-20)44-11-13-45(14-12-44)31(50)25-28(48)19(2)39-17-40-25/h7,9-10,16-18,24,48H,3-6,8,11-15H2,1-2H3,(H,41,49)/t18-,24-/m0/s1.